The number of halogens is 1. The lowest BCUT2D eigenvalue weighted by molar-refractivity contribution is -0.131. The number of esters is 2. The Morgan fingerprint density at radius 3 is 2.74 bits per heavy atom. The molecule has 19 heavy (non-hydrogen) atoms. The molecule has 0 radical (unpaired) electrons. The van der Waals surface area contributed by atoms with Crippen molar-refractivity contribution in [3.05, 3.63) is 28.9 Å². The number of ether oxygens (including phenoxy) is 2. The molecule has 0 unspecified atom stereocenters. The van der Waals surface area contributed by atoms with E-state index in [9.17, 15) is 9.59 Å². The highest BCUT2D eigenvalue weighted by Crippen LogP contribution is 2.32. The summed E-state index contributed by atoms with van der Waals surface area (Å²) in [5, 5.41) is 1.04. The van der Waals surface area contributed by atoms with Crippen LogP contribution < -0.4 is 4.74 Å². The quantitative estimate of drug-likeness (QED) is 0.878. The number of fused-ring (bicyclic) bond motifs is 1. The zero-order chi connectivity index (χ0) is 14.0. The molecule has 0 atom stereocenters. The lowest BCUT2D eigenvalue weighted by Gasteiger charge is -2.03. The van der Waals surface area contributed by atoms with Crippen molar-refractivity contribution < 1.29 is 19.1 Å². The summed E-state index contributed by atoms with van der Waals surface area (Å²) in [4.78, 5) is 25.8. The van der Waals surface area contributed by atoms with E-state index in [1.165, 1.54) is 6.92 Å². The van der Waals surface area contributed by atoms with Gasteiger partial charge < -0.3 is 14.5 Å². The second-order valence-corrected chi connectivity index (χ2v) is 4.27. The second kappa shape index (κ2) is 5.32. The zero-order valence-corrected chi connectivity index (χ0v) is 11.2. The molecule has 2 rings (SSSR count). The summed E-state index contributed by atoms with van der Waals surface area (Å²) < 4.78 is 10.0. The molecule has 1 aromatic carbocycles. The summed E-state index contributed by atoms with van der Waals surface area (Å²) in [6, 6.07) is 4.99. The Morgan fingerprint density at radius 1 is 1.37 bits per heavy atom. The van der Waals surface area contributed by atoms with Crippen LogP contribution in [0.3, 0.4) is 0 Å². The first-order chi connectivity index (χ1) is 9.02. The third-order valence-electron chi connectivity index (χ3n) is 2.44. The second-order valence-electron chi connectivity index (χ2n) is 3.83. The van der Waals surface area contributed by atoms with Gasteiger partial charge >= 0.3 is 11.9 Å². The molecule has 0 fully saturated rings. The number of carbonyl (C=O) groups excluding carboxylic acids is 2. The van der Waals surface area contributed by atoms with Gasteiger partial charge in [-0.2, -0.15) is 0 Å². The average Bonchev–Trinajstić information content (AvgIpc) is 2.67. The van der Waals surface area contributed by atoms with Gasteiger partial charge in [-0.3, -0.25) is 4.79 Å². The van der Waals surface area contributed by atoms with Gasteiger partial charge in [-0.1, -0.05) is 11.6 Å². The maximum Gasteiger partial charge on any atom is 0.358 e. The van der Waals surface area contributed by atoms with Crippen LogP contribution in [0.15, 0.2) is 18.2 Å². The van der Waals surface area contributed by atoms with Crippen LogP contribution >= 0.6 is 11.6 Å². The van der Waals surface area contributed by atoms with E-state index in [-0.39, 0.29) is 18.1 Å². The van der Waals surface area contributed by atoms with E-state index in [1.54, 1.807) is 25.1 Å². The summed E-state index contributed by atoms with van der Waals surface area (Å²) in [5.41, 5.74) is 0.748. The first-order valence-electron chi connectivity index (χ1n) is 5.69. The average molecular weight is 282 g/mol. The number of hydrogen-bond acceptors (Lipinski definition) is 4. The van der Waals surface area contributed by atoms with Gasteiger partial charge in [0.1, 0.15) is 0 Å². The number of hydrogen-bond donors (Lipinski definition) is 1. The molecule has 0 aliphatic rings. The van der Waals surface area contributed by atoms with Gasteiger partial charge in [0.25, 0.3) is 0 Å². The number of aromatic nitrogens is 1. The van der Waals surface area contributed by atoms with Crippen LogP contribution in [0.1, 0.15) is 24.3 Å². The van der Waals surface area contributed by atoms with E-state index in [0.717, 1.165) is 0 Å². The maximum atomic E-state index is 11.8. The van der Waals surface area contributed by atoms with E-state index in [1.807, 2.05) is 0 Å². The third kappa shape index (κ3) is 2.71. The fourth-order valence-corrected chi connectivity index (χ4v) is 1.91. The molecule has 0 saturated heterocycles. The maximum absolute atomic E-state index is 11.8. The minimum Gasteiger partial charge on any atom is -0.461 e. The molecule has 5 nitrogen and oxygen atoms in total. The number of nitrogens with one attached hydrogen (secondary N) is 1. The first kappa shape index (κ1) is 13.4. The van der Waals surface area contributed by atoms with E-state index in [4.69, 9.17) is 21.1 Å². The van der Waals surface area contributed by atoms with Gasteiger partial charge in [0.05, 0.1) is 12.1 Å². The van der Waals surface area contributed by atoms with Crippen molar-refractivity contribution in [3.8, 4) is 5.75 Å². The Labute approximate surface area is 114 Å². The van der Waals surface area contributed by atoms with Gasteiger partial charge in [0.15, 0.2) is 11.4 Å². The van der Waals surface area contributed by atoms with Crippen molar-refractivity contribution in [3.63, 3.8) is 0 Å². The van der Waals surface area contributed by atoms with Crippen molar-refractivity contribution in [1.29, 1.82) is 0 Å². The molecule has 1 heterocycles. The Morgan fingerprint density at radius 2 is 2.11 bits per heavy atom. The van der Waals surface area contributed by atoms with Gasteiger partial charge in [-0.25, -0.2) is 4.79 Å². The van der Waals surface area contributed by atoms with E-state index in [0.29, 0.717) is 15.9 Å². The van der Waals surface area contributed by atoms with Gasteiger partial charge in [0.2, 0.25) is 0 Å². The fraction of sp³-hybridized carbons (Fsp3) is 0.231. The van der Waals surface area contributed by atoms with E-state index in [2.05, 4.69) is 4.98 Å². The highest BCUT2D eigenvalue weighted by atomic mass is 35.5. The highest BCUT2D eigenvalue weighted by molar-refractivity contribution is 6.31. The van der Waals surface area contributed by atoms with Crippen molar-refractivity contribution in [2.24, 2.45) is 0 Å². The Kier molecular flexibility index (Phi) is 3.76. The minimum atomic E-state index is -0.578. The molecule has 0 amide bonds. The first-order valence-corrected chi connectivity index (χ1v) is 6.07. The summed E-state index contributed by atoms with van der Waals surface area (Å²) in [6.45, 7) is 3.19. The van der Waals surface area contributed by atoms with Crippen molar-refractivity contribution in [2.75, 3.05) is 6.61 Å². The smallest absolute Gasteiger partial charge is 0.358 e. The predicted octanol–water partition coefficient (Wildman–Crippen LogP) is 2.92. The van der Waals surface area contributed by atoms with Crippen molar-refractivity contribution in [2.45, 2.75) is 13.8 Å². The van der Waals surface area contributed by atoms with E-state index < -0.39 is 11.9 Å². The summed E-state index contributed by atoms with van der Waals surface area (Å²) in [7, 11) is 0. The molecule has 1 N–H and O–H groups in total. The number of H-pyrrole nitrogens is 1. The number of rotatable bonds is 3. The summed E-state index contributed by atoms with van der Waals surface area (Å²) in [5.74, 6) is -0.957. The molecule has 2 aromatic rings. The van der Waals surface area contributed by atoms with Crippen molar-refractivity contribution >= 4 is 34.4 Å². The molecule has 6 heteroatoms. The number of benzene rings is 1. The van der Waals surface area contributed by atoms with Gasteiger partial charge in [-0.05, 0) is 25.1 Å². The number of carbonyl (C=O) groups is 2. The molecule has 0 aliphatic carbocycles. The minimum absolute atomic E-state index is 0.106. The molecule has 0 saturated carbocycles. The third-order valence-corrected chi connectivity index (χ3v) is 2.67. The van der Waals surface area contributed by atoms with Crippen LogP contribution in [0, 0.1) is 0 Å². The largest absolute Gasteiger partial charge is 0.461 e. The predicted molar refractivity (Wildman–Crippen MR) is 70.6 cm³/mol. The monoisotopic (exact) mass is 281 g/mol. The van der Waals surface area contributed by atoms with Gasteiger partial charge in [-0.15, -0.1) is 0 Å². The molecular weight excluding hydrogens is 270 g/mol. The van der Waals surface area contributed by atoms with E-state index >= 15 is 0 Å². The van der Waals surface area contributed by atoms with Crippen molar-refractivity contribution in [1.82, 2.24) is 4.98 Å². The van der Waals surface area contributed by atoms with Crippen LogP contribution in [0.5, 0.6) is 5.75 Å². The SMILES string of the molecule is CCOC(=O)c1[nH]c2ccc(Cl)cc2c1OC(C)=O. The topological polar surface area (TPSA) is 68.4 Å². The van der Waals surface area contributed by atoms with Crippen LogP contribution in [-0.4, -0.2) is 23.5 Å². The summed E-state index contributed by atoms with van der Waals surface area (Å²) in [6.07, 6.45) is 0. The fourth-order valence-electron chi connectivity index (χ4n) is 1.74. The molecule has 0 spiro atoms. The van der Waals surface area contributed by atoms with Gasteiger partial charge in [0, 0.05) is 17.3 Å². The van der Waals surface area contributed by atoms with Crippen LogP contribution in [-0.2, 0) is 9.53 Å². The molecule has 0 aliphatic heterocycles. The standard InChI is InChI=1S/C13H12ClNO4/c1-3-18-13(17)11-12(19-7(2)16)9-6-8(14)4-5-10(9)15-11/h4-6,15H,3H2,1-2H3. The Balaban J connectivity index is 2.61. The van der Waals surface area contributed by atoms with Crippen LogP contribution in [0.25, 0.3) is 10.9 Å². The number of aromatic amines is 1. The molecule has 0 bridgehead atoms. The Hall–Kier alpha value is -2.01. The lowest BCUT2D eigenvalue weighted by Crippen LogP contribution is -2.09. The normalized spacial score (nSPS) is 10.5. The Bertz CT molecular complexity index is 647. The van der Waals surface area contributed by atoms with Crippen LogP contribution in [0.2, 0.25) is 5.02 Å². The molecule has 1 aromatic heterocycles. The molecule has 100 valence electrons. The highest BCUT2D eigenvalue weighted by Gasteiger charge is 2.21. The zero-order valence-electron chi connectivity index (χ0n) is 10.5. The summed E-state index contributed by atoms with van der Waals surface area (Å²) >= 11 is 5.91. The lowest BCUT2D eigenvalue weighted by atomic mass is 10.2. The molecular formula is C13H12ClNO4. The van der Waals surface area contributed by atoms with Crippen LogP contribution in [0.4, 0.5) is 0 Å².